The molecule has 142 valence electrons. The van der Waals surface area contributed by atoms with Crippen molar-refractivity contribution in [1.29, 1.82) is 0 Å². The summed E-state index contributed by atoms with van der Waals surface area (Å²) in [5.41, 5.74) is -0.239. The van der Waals surface area contributed by atoms with Crippen LogP contribution in [0.4, 0.5) is 0 Å². The molecule has 0 heterocycles. The second-order valence-corrected chi connectivity index (χ2v) is 7.51. The molecule has 2 aromatic rings. The highest BCUT2D eigenvalue weighted by Gasteiger charge is 2.57. The van der Waals surface area contributed by atoms with Gasteiger partial charge in [-0.3, -0.25) is 9.59 Å². The molecule has 0 amide bonds. The van der Waals surface area contributed by atoms with E-state index in [-0.39, 0.29) is 6.42 Å². The van der Waals surface area contributed by atoms with E-state index in [1.54, 1.807) is 32.1 Å². The molecule has 2 rings (SSSR count). The van der Waals surface area contributed by atoms with Crippen LogP contribution < -0.4 is 0 Å². The van der Waals surface area contributed by atoms with Crippen molar-refractivity contribution >= 4 is 18.0 Å². The quantitative estimate of drug-likeness (QED) is 0.632. The van der Waals surface area contributed by atoms with E-state index in [9.17, 15) is 19.8 Å². The van der Waals surface area contributed by atoms with Gasteiger partial charge >= 0.3 is 11.9 Å². The molecule has 27 heavy (non-hydrogen) atoms. The molecular weight excluding hydrogens is 340 g/mol. The Labute approximate surface area is 160 Å². The van der Waals surface area contributed by atoms with Crippen LogP contribution in [0, 0.1) is 10.8 Å². The molecule has 0 radical (unpaired) electrons. The van der Waals surface area contributed by atoms with Crippen molar-refractivity contribution in [2.75, 3.05) is 0 Å². The van der Waals surface area contributed by atoms with E-state index < -0.39 is 22.8 Å². The molecule has 0 aliphatic carbocycles. The summed E-state index contributed by atoms with van der Waals surface area (Å²) in [7, 11) is 0. The number of hydrogen-bond acceptors (Lipinski definition) is 2. The minimum atomic E-state index is -1.92. The molecule has 2 N–H and O–H groups in total. The van der Waals surface area contributed by atoms with Gasteiger partial charge in [-0.2, -0.15) is 0 Å². The molecule has 0 saturated carbocycles. The molecule has 0 unspecified atom stereocenters. The highest BCUT2D eigenvalue weighted by molar-refractivity contribution is 5.99. The maximum Gasteiger partial charge on any atom is 0.321 e. The third-order valence-electron chi connectivity index (χ3n) is 5.45. The first kappa shape index (κ1) is 20.4. The topological polar surface area (TPSA) is 74.6 Å². The van der Waals surface area contributed by atoms with Gasteiger partial charge in [0.1, 0.15) is 0 Å². The van der Waals surface area contributed by atoms with Crippen LogP contribution >= 0.6 is 0 Å². The molecule has 0 bridgehead atoms. The fourth-order valence-corrected chi connectivity index (χ4v) is 3.45. The lowest BCUT2D eigenvalue weighted by molar-refractivity contribution is -0.175. The second-order valence-electron chi connectivity index (χ2n) is 7.51. The van der Waals surface area contributed by atoms with E-state index in [1.165, 1.54) is 0 Å². The summed E-state index contributed by atoms with van der Waals surface area (Å²) in [6, 6.07) is 16.9. The highest BCUT2D eigenvalue weighted by Crippen LogP contribution is 2.46. The summed E-state index contributed by atoms with van der Waals surface area (Å²) in [5.74, 6) is -2.61. The number of carboxylic acids is 2. The van der Waals surface area contributed by atoms with E-state index in [1.807, 2.05) is 42.5 Å². The fraction of sp³-hybridized carbons (Fsp3) is 0.304. The zero-order valence-electron chi connectivity index (χ0n) is 15.8. The summed E-state index contributed by atoms with van der Waals surface area (Å²) >= 11 is 0. The minimum absolute atomic E-state index is 0.0725. The third-order valence-corrected chi connectivity index (χ3v) is 5.45. The van der Waals surface area contributed by atoms with Gasteiger partial charge in [-0.05, 0) is 41.4 Å². The van der Waals surface area contributed by atoms with Gasteiger partial charge in [0.2, 0.25) is 0 Å². The molecule has 0 fully saturated rings. The summed E-state index contributed by atoms with van der Waals surface area (Å²) in [6.45, 7) is 7.16. The molecule has 0 spiro atoms. The Morgan fingerprint density at radius 2 is 1.48 bits per heavy atom. The van der Waals surface area contributed by atoms with Crippen molar-refractivity contribution in [2.24, 2.45) is 10.8 Å². The largest absolute Gasteiger partial charge is 0.480 e. The molecule has 4 heteroatoms. The molecule has 0 aliphatic heterocycles. The number of aliphatic carboxylic acids is 2. The van der Waals surface area contributed by atoms with Gasteiger partial charge in [0, 0.05) is 0 Å². The Morgan fingerprint density at radius 3 is 1.96 bits per heavy atom. The van der Waals surface area contributed by atoms with Gasteiger partial charge in [0.25, 0.3) is 0 Å². The summed E-state index contributed by atoms with van der Waals surface area (Å²) in [4.78, 5) is 24.5. The zero-order valence-corrected chi connectivity index (χ0v) is 15.8. The van der Waals surface area contributed by atoms with Gasteiger partial charge in [-0.15, -0.1) is 0 Å². The van der Waals surface area contributed by atoms with Crippen molar-refractivity contribution in [3.63, 3.8) is 0 Å². The lowest BCUT2D eigenvalue weighted by atomic mass is 9.60. The van der Waals surface area contributed by atoms with Gasteiger partial charge in [0.15, 0.2) is 5.41 Å². The maximum atomic E-state index is 12.3. The Hall–Kier alpha value is -2.88. The van der Waals surface area contributed by atoms with E-state index in [0.717, 1.165) is 11.1 Å². The number of aryl methyl sites for hydroxylation is 1. The summed E-state index contributed by atoms with van der Waals surface area (Å²) in [6.07, 6.45) is 2.68. The summed E-state index contributed by atoms with van der Waals surface area (Å²) in [5, 5.41) is 20.0. The number of carboxylic acid groups (broad SMARTS) is 2. The van der Waals surface area contributed by atoms with E-state index in [2.05, 4.69) is 6.58 Å². The van der Waals surface area contributed by atoms with Crippen LogP contribution in [0.5, 0.6) is 0 Å². The van der Waals surface area contributed by atoms with Crippen molar-refractivity contribution in [3.05, 3.63) is 77.9 Å². The van der Waals surface area contributed by atoms with Crippen molar-refractivity contribution < 1.29 is 19.8 Å². The first-order valence-corrected chi connectivity index (χ1v) is 8.95. The van der Waals surface area contributed by atoms with Gasteiger partial charge < -0.3 is 10.2 Å². The van der Waals surface area contributed by atoms with Crippen LogP contribution in [-0.2, 0) is 22.4 Å². The number of rotatable bonds is 9. The van der Waals surface area contributed by atoms with Crippen molar-refractivity contribution in [2.45, 2.75) is 33.1 Å². The predicted octanol–water partition coefficient (Wildman–Crippen LogP) is 4.69. The smallest absolute Gasteiger partial charge is 0.321 e. The van der Waals surface area contributed by atoms with E-state index in [0.29, 0.717) is 18.4 Å². The molecule has 0 saturated heterocycles. The third kappa shape index (κ3) is 4.27. The number of benzene rings is 2. The average Bonchev–Trinajstić information content (AvgIpc) is 2.65. The van der Waals surface area contributed by atoms with Crippen LogP contribution in [0.2, 0.25) is 0 Å². The van der Waals surface area contributed by atoms with Gasteiger partial charge in [-0.25, -0.2) is 0 Å². The first-order chi connectivity index (χ1) is 12.7. The SMILES string of the molecule is C=Cc1ccc(CC(C(=O)O)(C(=O)O)C(C)(C)CCc2ccccc2)cc1. The van der Waals surface area contributed by atoms with Crippen LogP contribution in [0.25, 0.3) is 6.08 Å². The number of carbonyl (C=O) groups is 2. The van der Waals surface area contributed by atoms with Gasteiger partial charge in [-0.1, -0.05) is 81.1 Å². The minimum Gasteiger partial charge on any atom is -0.480 e. The number of hydrogen-bond donors (Lipinski definition) is 2. The average molecular weight is 366 g/mol. The molecule has 0 aromatic heterocycles. The first-order valence-electron chi connectivity index (χ1n) is 8.95. The van der Waals surface area contributed by atoms with Crippen LogP contribution in [0.3, 0.4) is 0 Å². The van der Waals surface area contributed by atoms with E-state index in [4.69, 9.17) is 0 Å². The maximum absolute atomic E-state index is 12.3. The Morgan fingerprint density at radius 1 is 0.926 bits per heavy atom. The zero-order chi connectivity index (χ0) is 20.1. The fourth-order valence-electron chi connectivity index (χ4n) is 3.45. The van der Waals surface area contributed by atoms with Gasteiger partial charge in [0.05, 0.1) is 0 Å². The monoisotopic (exact) mass is 366 g/mol. The predicted molar refractivity (Wildman–Crippen MR) is 106 cm³/mol. The Kier molecular flexibility index (Phi) is 6.21. The molecule has 2 aromatic carbocycles. The Bertz CT molecular complexity index is 790. The summed E-state index contributed by atoms with van der Waals surface area (Å²) < 4.78 is 0. The van der Waals surface area contributed by atoms with Crippen LogP contribution in [0.1, 0.15) is 37.0 Å². The van der Waals surface area contributed by atoms with Crippen molar-refractivity contribution in [3.8, 4) is 0 Å². The standard InChI is InChI=1S/C23H26O4/c1-4-17-10-12-19(13-11-17)16-23(20(24)25,21(26)27)22(2,3)15-14-18-8-6-5-7-9-18/h4-13H,1,14-16H2,2-3H3,(H,24,25)(H,26,27). The lowest BCUT2D eigenvalue weighted by Crippen LogP contribution is -2.52. The second kappa shape index (κ2) is 8.21. The van der Waals surface area contributed by atoms with Crippen LogP contribution in [-0.4, -0.2) is 22.2 Å². The molecular formula is C23H26O4. The van der Waals surface area contributed by atoms with E-state index >= 15 is 0 Å². The molecule has 0 aliphatic rings. The highest BCUT2D eigenvalue weighted by atomic mass is 16.4. The normalized spacial score (nSPS) is 11.8. The van der Waals surface area contributed by atoms with Crippen LogP contribution in [0.15, 0.2) is 61.2 Å². The lowest BCUT2D eigenvalue weighted by Gasteiger charge is -2.40. The Balaban J connectivity index is 2.36. The molecule has 4 nitrogen and oxygen atoms in total. The molecule has 0 atom stereocenters. The van der Waals surface area contributed by atoms with Crippen molar-refractivity contribution in [1.82, 2.24) is 0 Å².